The summed E-state index contributed by atoms with van der Waals surface area (Å²) in [6.45, 7) is 1.31. The monoisotopic (exact) mass is 339 g/mol. The highest BCUT2D eigenvalue weighted by Crippen LogP contribution is 2.26. The minimum absolute atomic E-state index is 0.220. The fraction of sp³-hybridized carbons (Fsp3) is 0.300. The summed E-state index contributed by atoms with van der Waals surface area (Å²) in [7, 11) is 0. The molecule has 25 heavy (non-hydrogen) atoms. The van der Waals surface area contributed by atoms with Crippen LogP contribution in [0.25, 0.3) is 0 Å². The number of para-hydroxylation sites is 1. The van der Waals surface area contributed by atoms with Gasteiger partial charge in [-0.05, 0) is 61.6 Å². The lowest BCUT2D eigenvalue weighted by Gasteiger charge is -2.14. The quantitative estimate of drug-likeness (QED) is 0.821. The number of carbonyl (C=O) groups is 2. The van der Waals surface area contributed by atoms with Crippen LogP contribution in [0.2, 0.25) is 0 Å². The van der Waals surface area contributed by atoms with E-state index < -0.39 is 12.1 Å². The van der Waals surface area contributed by atoms with Crippen LogP contribution in [0.3, 0.4) is 0 Å². The Morgan fingerprint density at radius 2 is 1.84 bits per heavy atom. The van der Waals surface area contributed by atoms with Crippen molar-refractivity contribution in [2.75, 3.05) is 11.9 Å². The van der Waals surface area contributed by atoms with Crippen LogP contribution in [-0.4, -0.2) is 24.6 Å². The molecule has 3 rings (SSSR count). The third-order valence-corrected chi connectivity index (χ3v) is 4.15. The van der Waals surface area contributed by atoms with Gasteiger partial charge in [0.15, 0.2) is 12.7 Å². The molecule has 1 aliphatic rings. The summed E-state index contributed by atoms with van der Waals surface area (Å²) < 4.78 is 10.6. The first-order chi connectivity index (χ1) is 12.1. The average molecular weight is 339 g/mol. The van der Waals surface area contributed by atoms with E-state index in [1.807, 2.05) is 36.4 Å². The van der Waals surface area contributed by atoms with Gasteiger partial charge >= 0.3 is 5.97 Å². The van der Waals surface area contributed by atoms with E-state index in [9.17, 15) is 9.59 Å². The topological polar surface area (TPSA) is 64.6 Å². The SMILES string of the molecule is C[C@@H](OC(=O)COc1ccc2c(c1)CCC2)C(=O)Nc1ccccc1. The van der Waals surface area contributed by atoms with Gasteiger partial charge in [-0.25, -0.2) is 4.79 Å². The molecule has 0 saturated heterocycles. The van der Waals surface area contributed by atoms with Crippen LogP contribution in [0, 0.1) is 0 Å². The van der Waals surface area contributed by atoms with Crippen molar-refractivity contribution >= 4 is 17.6 Å². The lowest BCUT2D eigenvalue weighted by molar-refractivity contribution is -0.155. The molecule has 0 saturated carbocycles. The van der Waals surface area contributed by atoms with Crippen molar-refractivity contribution in [1.29, 1.82) is 0 Å². The van der Waals surface area contributed by atoms with Crippen LogP contribution in [0.4, 0.5) is 5.69 Å². The van der Waals surface area contributed by atoms with Gasteiger partial charge in [0, 0.05) is 5.69 Å². The Kier molecular flexibility index (Phi) is 5.33. The van der Waals surface area contributed by atoms with Gasteiger partial charge in [-0.1, -0.05) is 24.3 Å². The highest BCUT2D eigenvalue weighted by molar-refractivity contribution is 5.95. The van der Waals surface area contributed by atoms with E-state index in [1.54, 1.807) is 12.1 Å². The summed E-state index contributed by atoms with van der Waals surface area (Å²) in [5.74, 6) is -0.299. The number of carbonyl (C=O) groups excluding carboxylic acids is 2. The molecule has 2 aromatic carbocycles. The van der Waals surface area contributed by atoms with Gasteiger partial charge in [0.25, 0.3) is 5.91 Å². The van der Waals surface area contributed by atoms with Crippen molar-refractivity contribution in [2.24, 2.45) is 0 Å². The number of hydrogen-bond acceptors (Lipinski definition) is 4. The maximum atomic E-state index is 12.0. The van der Waals surface area contributed by atoms with Crippen LogP contribution in [0.1, 0.15) is 24.5 Å². The summed E-state index contributed by atoms with van der Waals surface area (Å²) >= 11 is 0. The number of esters is 1. The maximum Gasteiger partial charge on any atom is 0.344 e. The van der Waals surface area contributed by atoms with Crippen LogP contribution < -0.4 is 10.1 Å². The van der Waals surface area contributed by atoms with Crippen molar-refractivity contribution < 1.29 is 19.1 Å². The van der Waals surface area contributed by atoms with Crippen LogP contribution in [-0.2, 0) is 27.2 Å². The number of amides is 1. The molecule has 0 fully saturated rings. The lowest BCUT2D eigenvalue weighted by atomic mass is 10.1. The number of anilines is 1. The molecule has 5 nitrogen and oxygen atoms in total. The Labute approximate surface area is 147 Å². The number of rotatable bonds is 6. The van der Waals surface area contributed by atoms with E-state index >= 15 is 0 Å². The Morgan fingerprint density at radius 3 is 2.64 bits per heavy atom. The number of hydrogen-bond donors (Lipinski definition) is 1. The molecule has 0 bridgehead atoms. The van der Waals surface area contributed by atoms with Gasteiger partial charge in [0.2, 0.25) is 0 Å². The van der Waals surface area contributed by atoms with Crippen LogP contribution in [0.15, 0.2) is 48.5 Å². The molecular formula is C20H21NO4. The normalized spacial score (nSPS) is 13.6. The molecule has 0 heterocycles. The zero-order chi connectivity index (χ0) is 17.6. The molecule has 2 aromatic rings. The lowest BCUT2D eigenvalue weighted by Crippen LogP contribution is -2.31. The molecule has 130 valence electrons. The predicted molar refractivity (Wildman–Crippen MR) is 94.6 cm³/mol. The third-order valence-electron chi connectivity index (χ3n) is 4.15. The largest absolute Gasteiger partial charge is 0.482 e. The number of ether oxygens (including phenoxy) is 2. The zero-order valence-corrected chi connectivity index (χ0v) is 14.2. The zero-order valence-electron chi connectivity index (χ0n) is 14.2. The summed E-state index contributed by atoms with van der Waals surface area (Å²) in [5, 5.41) is 2.69. The Hall–Kier alpha value is -2.82. The van der Waals surface area contributed by atoms with Crippen LogP contribution >= 0.6 is 0 Å². The second-order valence-corrected chi connectivity index (χ2v) is 6.06. The molecule has 1 amide bonds. The molecule has 1 N–H and O–H groups in total. The molecular weight excluding hydrogens is 318 g/mol. The van der Waals surface area contributed by atoms with Crippen molar-refractivity contribution in [2.45, 2.75) is 32.3 Å². The fourth-order valence-corrected chi connectivity index (χ4v) is 2.83. The second kappa shape index (κ2) is 7.83. The van der Waals surface area contributed by atoms with Gasteiger partial charge in [0.1, 0.15) is 5.75 Å². The molecule has 1 atom stereocenters. The fourth-order valence-electron chi connectivity index (χ4n) is 2.83. The van der Waals surface area contributed by atoms with Gasteiger partial charge in [0.05, 0.1) is 0 Å². The van der Waals surface area contributed by atoms with Crippen molar-refractivity contribution in [3.05, 3.63) is 59.7 Å². The van der Waals surface area contributed by atoms with E-state index in [0.717, 1.165) is 19.3 Å². The average Bonchev–Trinajstić information content (AvgIpc) is 3.08. The smallest absolute Gasteiger partial charge is 0.344 e. The Morgan fingerprint density at radius 1 is 1.08 bits per heavy atom. The third kappa shape index (κ3) is 4.59. The first-order valence-electron chi connectivity index (χ1n) is 8.42. The number of nitrogens with one attached hydrogen (secondary N) is 1. The van der Waals surface area contributed by atoms with E-state index in [-0.39, 0.29) is 12.5 Å². The van der Waals surface area contributed by atoms with Crippen molar-refractivity contribution in [3.8, 4) is 5.75 Å². The molecule has 0 spiro atoms. The number of benzene rings is 2. The first-order valence-corrected chi connectivity index (χ1v) is 8.42. The molecule has 0 aromatic heterocycles. The standard InChI is InChI=1S/C20H21NO4/c1-14(20(23)21-17-8-3-2-4-9-17)25-19(22)13-24-18-11-10-15-6-5-7-16(15)12-18/h2-4,8-12,14H,5-7,13H2,1H3,(H,21,23)/t14-/m1/s1. The van der Waals surface area contributed by atoms with E-state index in [2.05, 4.69) is 5.32 Å². The van der Waals surface area contributed by atoms with Gasteiger partial charge in [-0.2, -0.15) is 0 Å². The summed E-state index contributed by atoms with van der Waals surface area (Å²) in [6.07, 6.45) is 2.42. The van der Waals surface area contributed by atoms with E-state index in [4.69, 9.17) is 9.47 Å². The van der Waals surface area contributed by atoms with Gasteiger partial charge < -0.3 is 14.8 Å². The summed E-state index contributed by atoms with van der Waals surface area (Å²) in [6, 6.07) is 14.9. The van der Waals surface area contributed by atoms with Crippen molar-refractivity contribution in [1.82, 2.24) is 0 Å². The van der Waals surface area contributed by atoms with Gasteiger partial charge in [-0.15, -0.1) is 0 Å². The van der Waals surface area contributed by atoms with Crippen LogP contribution in [0.5, 0.6) is 5.75 Å². The van der Waals surface area contributed by atoms with Gasteiger partial charge in [-0.3, -0.25) is 4.79 Å². The second-order valence-electron chi connectivity index (χ2n) is 6.06. The molecule has 0 unspecified atom stereocenters. The maximum absolute atomic E-state index is 12.0. The van der Waals surface area contributed by atoms with Crippen molar-refractivity contribution in [3.63, 3.8) is 0 Å². The first kappa shape index (κ1) is 17.0. The molecule has 0 radical (unpaired) electrons. The number of fused-ring (bicyclic) bond motifs is 1. The summed E-state index contributed by atoms with van der Waals surface area (Å²) in [5.41, 5.74) is 3.28. The van der Waals surface area contributed by atoms with E-state index in [1.165, 1.54) is 18.1 Å². The highest BCUT2D eigenvalue weighted by atomic mass is 16.6. The number of aryl methyl sites for hydroxylation is 2. The minimum atomic E-state index is -0.892. The Bertz CT molecular complexity index is 758. The molecule has 1 aliphatic carbocycles. The summed E-state index contributed by atoms with van der Waals surface area (Å²) in [4.78, 5) is 23.9. The molecule has 0 aliphatic heterocycles. The highest BCUT2D eigenvalue weighted by Gasteiger charge is 2.18. The Balaban J connectivity index is 1.46. The predicted octanol–water partition coefficient (Wildman–Crippen LogP) is 3.12. The van der Waals surface area contributed by atoms with E-state index in [0.29, 0.717) is 11.4 Å². The minimum Gasteiger partial charge on any atom is -0.482 e. The molecule has 5 heteroatoms.